The molecule has 2 bridgehead atoms. The first kappa shape index (κ1) is 22.3. The van der Waals surface area contributed by atoms with Gasteiger partial charge in [-0.1, -0.05) is 11.1 Å². The Labute approximate surface area is 201 Å². The van der Waals surface area contributed by atoms with E-state index in [1.54, 1.807) is 24.7 Å². The largest absolute Gasteiger partial charge is 0.472 e. The summed E-state index contributed by atoms with van der Waals surface area (Å²) in [6.07, 6.45) is 15.3. The topological polar surface area (TPSA) is 74.0 Å². The number of amides is 1. The van der Waals surface area contributed by atoms with E-state index in [0.717, 1.165) is 56.7 Å². The molecule has 4 aliphatic carbocycles. The number of likely N-dealkylation sites (tertiary alicyclic amines) is 1. The minimum absolute atomic E-state index is 0.0273. The lowest BCUT2D eigenvalue weighted by molar-refractivity contribution is -0.198. The molecule has 3 fully saturated rings. The number of rotatable bonds is 5. The third-order valence-corrected chi connectivity index (χ3v) is 9.66. The summed E-state index contributed by atoms with van der Waals surface area (Å²) in [5.74, 6) is 1.07. The van der Waals surface area contributed by atoms with Gasteiger partial charge in [-0.05, 0) is 76.0 Å². The summed E-state index contributed by atoms with van der Waals surface area (Å²) >= 11 is 0. The molecule has 1 aromatic rings. The number of Topliss-reactive ketones (excluding diaryl/α,β-unsaturated/α-hetero) is 1. The molecule has 182 valence electrons. The lowest BCUT2D eigenvalue weighted by Gasteiger charge is -2.66. The summed E-state index contributed by atoms with van der Waals surface area (Å²) in [7, 11) is 1.89. The molecule has 2 saturated carbocycles. The van der Waals surface area contributed by atoms with E-state index in [2.05, 4.69) is 4.90 Å². The van der Waals surface area contributed by atoms with Crippen molar-refractivity contribution >= 4 is 17.8 Å². The summed E-state index contributed by atoms with van der Waals surface area (Å²) in [6, 6.07) is 2.04. The molecule has 0 spiro atoms. The molecule has 5 aliphatic rings. The SMILES string of the molecule is CN(C(=O)/C=C/c1ccoc1)[C@@H]1CC[C@@]2(O)[C@H]3CC4=C(CC(=O)CC4)[C@@]2(CCN3CC2CC2)C1. The van der Waals surface area contributed by atoms with Crippen LogP contribution in [0.4, 0.5) is 0 Å². The molecule has 0 radical (unpaired) electrons. The molecule has 1 saturated heterocycles. The van der Waals surface area contributed by atoms with Crippen LogP contribution in [0.25, 0.3) is 6.08 Å². The standard InChI is InChI=1S/C28H36N2O4/c1-29(26(32)7-4-20-9-13-34-18-20)22-8-10-28(33)25-14-21-5-6-23(31)15-24(21)27(28,16-22)11-12-30(25)17-19-2-3-19/h4,7,9,13,18-19,22,25,33H,2-3,5-6,8,10-12,14-17H2,1H3/b7-4+/t22-,25-,27-,28-/m1/s1. The molecule has 1 amide bonds. The number of piperidine rings is 1. The second-order valence-electron chi connectivity index (χ2n) is 11.4. The second-order valence-corrected chi connectivity index (χ2v) is 11.4. The number of aliphatic hydroxyl groups is 1. The highest BCUT2D eigenvalue weighted by Gasteiger charge is 2.66. The van der Waals surface area contributed by atoms with Crippen LogP contribution in [-0.2, 0) is 9.59 Å². The van der Waals surface area contributed by atoms with E-state index in [0.29, 0.717) is 25.0 Å². The molecule has 34 heavy (non-hydrogen) atoms. The van der Waals surface area contributed by atoms with Crippen LogP contribution in [0.3, 0.4) is 0 Å². The van der Waals surface area contributed by atoms with Gasteiger partial charge in [0.2, 0.25) is 5.91 Å². The summed E-state index contributed by atoms with van der Waals surface area (Å²) in [4.78, 5) is 30.1. The first-order chi connectivity index (χ1) is 16.4. The van der Waals surface area contributed by atoms with Gasteiger partial charge in [0, 0.05) is 55.6 Å². The van der Waals surface area contributed by atoms with Gasteiger partial charge in [-0.2, -0.15) is 0 Å². The smallest absolute Gasteiger partial charge is 0.246 e. The second kappa shape index (κ2) is 8.20. The van der Waals surface area contributed by atoms with Crippen molar-refractivity contribution in [1.29, 1.82) is 0 Å². The lowest BCUT2D eigenvalue weighted by Crippen LogP contribution is -2.72. The van der Waals surface area contributed by atoms with E-state index < -0.39 is 5.60 Å². The van der Waals surface area contributed by atoms with Crippen LogP contribution in [0.15, 0.2) is 40.2 Å². The fourth-order valence-corrected chi connectivity index (χ4v) is 7.57. The summed E-state index contributed by atoms with van der Waals surface area (Å²) < 4.78 is 5.09. The first-order valence-electron chi connectivity index (χ1n) is 13.1. The monoisotopic (exact) mass is 464 g/mol. The van der Waals surface area contributed by atoms with Crippen molar-refractivity contribution in [3.63, 3.8) is 0 Å². The van der Waals surface area contributed by atoms with E-state index in [-0.39, 0.29) is 23.4 Å². The Balaban J connectivity index is 1.30. The minimum Gasteiger partial charge on any atom is -0.472 e. The van der Waals surface area contributed by atoms with Crippen molar-refractivity contribution in [2.24, 2.45) is 11.3 Å². The van der Waals surface area contributed by atoms with Crippen molar-refractivity contribution in [3.8, 4) is 0 Å². The van der Waals surface area contributed by atoms with Gasteiger partial charge in [-0.3, -0.25) is 14.5 Å². The summed E-state index contributed by atoms with van der Waals surface area (Å²) in [6.45, 7) is 2.09. The van der Waals surface area contributed by atoms with E-state index in [1.165, 1.54) is 24.0 Å². The van der Waals surface area contributed by atoms with Crippen molar-refractivity contribution in [1.82, 2.24) is 9.80 Å². The Hall–Kier alpha value is -2.18. The molecular weight excluding hydrogens is 428 g/mol. The number of hydrogen-bond acceptors (Lipinski definition) is 5. The number of ketones is 1. The normalized spacial score (nSPS) is 35.9. The van der Waals surface area contributed by atoms with Gasteiger partial charge >= 0.3 is 0 Å². The molecule has 0 unspecified atom stereocenters. The number of carbonyl (C=O) groups excluding carboxylic acids is 2. The van der Waals surface area contributed by atoms with Crippen LogP contribution in [0.1, 0.15) is 69.8 Å². The molecule has 6 nitrogen and oxygen atoms in total. The Morgan fingerprint density at radius 3 is 2.91 bits per heavy atom. The van der Waals surface area contributed by atoms with Crippen molar-refractivity contribution in [3.05, 3.63) is 41.4 Å². The van der Waals surface area contributed by atoms with Gasteiger partial charge in [0.1, 0.15) is 5.78 Å². The van der Waals surface area contributed by atoms with E-state index in [9.17, 15) is 14.7 Å². The molecule has 1 N–H and O–H groups in total. The quantitative estimate of drug-likeness (QED) is 0.527. The zero-order valence-corrected chi connectivity index (χ0v) is 20.2. The van der Waals surface area contributed by atoms with E-state index in [1.807, 2.05) is 18.0 Å². The Morgan fingerprint density at radius 2 is 2.15 bits per heavy atom. The molecule has 6 rings (SSSR count). The van der Waals surface area contributed by atoms with Gasteiger partial charge in [-0.25, -0.2) is 0 Å². The Kier molecular flexibility index (Phi) is 5.38. The maximum atomic E-state index is 13.0. The molecule has 4 atom stereocenters. The zero-order chi connectivity index (χ0) is 23.5. The molecule has 0 aromatic carbocycles. The van der Waals surface area contributed by atoms with Crippen LogP contribution in [0, 0.1) is 11.3 Å². The highest BCUT2D eigenvalue weighted by Crippen LogP contribution is 2.63. The van der Waals surface area contributed by atoms with Crippen LogP contribution >= 0.6 is 0 Å². The average molecular weight is 465 g/mol. The molecule has 2 heterocycles. The van der Waals surface area contributed by atoms with Gasteiger partial charge in [-0.15, -0.1) is 0 Å². The van der Waals surface area contributed by atoms with Crippen LogP contribution in [0.2, 0.25) is 0 Å². The molecule has 1 aliphatic heterocycles. The van der Waals surface area contributed by atoms with Gasteiger partial charge in [0.15, 0.2) is 0 Å². The lowest BCUT2D eigenvalue weighted by atomic mass is 9.47. The maximum Gasteiger partial charge on any atom is 0.246 e. The zero-order valence-electron chi connectivity index (χ0n) is 20.2. The van der Waals surface area contributed by atoms with Crippen molar-refractivity contribution < 1.29 is 19.1 Å². The minimum atomic E-state index is -0.802. The Morgan fingerprint density at radius 1 is 1.29 bits per heavy atom. The van der Waals surface area contributed by atoms with Crippen molar-refractivity contribution in [2.45, 2.75) is 81.9 Å². The molecule has 6 heteroatoms. The Bertz CT molecular complexity index is 1040. The number of hydrogen-bond donors (Lipinski definition) is 1. The maximum absolute atomic E-state index is 13.0. The van der Waals surface area contributed by atoms with E-state index in [4.69, 9.17) is 4.42 Å². The number of carbonyl (C=O) groups is 2. The summed E-state index contributed by atoms with van der Waals surface area (Å²) in [5, 5.41) is 12.4. The fourth-order valence-electron chi connectivity index (χ4n) is 7.57. The van der Waals surface area contributed by atoms with Crippen molar-refractivity contribution in [2.75, 3.05) is 20.1 Å². The highest BCUT2D eigenvalue weighted by atomic mass is 16.3. The highest BCUT2D eigenvalue weighted by molar-refractivity contribution is 5.91. The van der Waals surface area contributed by atoms with Gasteiger partial charge < -0.3 is 14.4 Å². The van der Waals surface area contributed by atoms with Crippen LogP contribution in [0.5, 0.6) is 0 Å². The fraction of sp³-hybridized carbons (Fsp3) is 0.643. The van der Waals surface area contributed by atoms with Crippen LogP contribution < -0.4 is 0 Å². The third kappa shape index (κ3) is 3.53. The summed E-state index contributed by atoms with van der Waals surface area (Å²) in [5.41, 5.74) is 2.36. The number of nitrogens with zero attached hydrogens (tertiary/aromatic N) is 2. The van der Waals surface area contributed by atoms with Gasteiger partial charge in [0.05, 0.1) is 18.1 Å². The first-order valence-corrected chi connectivity index (χ1v) is 13.1. The predicted octanol–water partition coefficient (Wildman–Crippen LogP) is 3.96. The average Bonchev–Trinajstić information content (AvgIpc) is 3.49. The van der Waals surface area contributed by atoms with Crippen LogP contribution in [-0.4, -0.2) is 64.4 Å². The molecular formula is C28H36N2O4. The van der Waals surface area contributed by atoms with E-state index >= 15 is 0 Å². The third-order valence-electron chi connectivity index (χ3n) is 9.66. The number of furan rings is 1. The molecule has 1 aromatic heterocycles. The predicted molar refractivity (Wildman–Crippen MR) is 129 cm³/mol. The number of likely N-dealkylation sites (N-methyl/N-ethyl adjacent to an activating group) is 1. The van der Waals surface area contributed by atoms with Gasteiger partial charge in [0.25, 0.3) is 0 Å².